The molecule has 0 N–H and O–H groups in total. The summed E-state index contributed by atoms with van der Waals surface area (Å²) in [6.45, 7) is 3.07. The summed E-state index contributed by atoms with van der Waals surface area (Å²) in [7, 11) is 2.83. The van der Waals surface area contributed by atoms with Crippen molar-refractivity contribution in [1.82, 2.24) is 4.90 Å². The van der Waals surface area contributed by atoms with Gasteiger partial charge in [0.25, 0.3) is 5.91 Å². The van der Waals surface area contributed by atoms with Crippen molar-refractivity contribution in [3.63, 3.8) is 0 Å². The number of ether oxygens (including phenoxy) is 3. The molecule has 0 aliphatic carbocycles. The van der Waals surface area contributed by atoms with Crippen molar-refractivity contribution < 1.29 is 23.8 Å². The van der Waals surface area contributed by atoms with E-state index in [1.807, 2.05) is 0 Å². The molecule has 1 aliphatic heterocycles. The lowest BCUT2D eigenvalue weighted by Gasteiger charge is -2.33. The number of esters is 1. The molecule has 1 rings (SSSR count). The summed E-state index contributed by atoms with van der Waals surface area (Å²) < 4.78 is 15.0. The Morgan fingerprint density at radius 3 is 2.76 bits per heavy atom. The number of carbonyl (C=O) groups is 2. The summed E-state index contributed by atoms with van der Waals surface area (Å²) >= 11 is 0. The Labute approximate surface area is 101 Å². The van der Waals surface area contributed by atoms with Gasteiger partial charge in [-0.25, -0.2) is 0 Å². The number of nitrogens with zero attached hydrogens (tertiary/aromatic N) is 1. The first kappa shape index (κ1) is 13.9. The second kappa shape index (κ2) is 6.56. The maximum absolute atomic E-state index is 11.9. The molecule has 0 spiro atoms. The Morgan fingerprint density at radius 2 is 2.18 bits per heavy atom. The Bertz CT molecular complexity index is 281. The highest BCUT2D eigenvalue weighted by Gasteiger charge is 2.28. The van der Waals surface area contributed by atoms with E-state index in [1.165, 1.54) is 14.2 Å². The summed E-state index contributed by atoms with van der Waals surface area (Å²) in [6, 6.07) is 0. The molecule has 0 radical (unpaired) electrons. The van der Waals surface area contributed by atoms with Gasteiger partial charge >= 0.3 is 5.97 Å². The van der Waals surface area contributed by atoms with Crippen molar-refractivity contribution in [1.29, 1.82) is 0 Å². The molecule has 1 fully saturated rings. The highest BCUT2D eigenvalue weighted by molar-refractivity contribution is 5.80. The standard InChI is InChI=1S/C11H19NO5/c1-8(15-2)11(14)12-4-5-17-9(7-12)6-10(13)16-3/h8-9H,4-7H2,1-3H3. The zero-order valence-corrected chi connectivity index (χ0v) is 10.5. The first-order valence-electron chi connectivity index (χ1n) is 5.58. The number of hydrogen-bond acceptors (Lipinski definition) is 5. The fourth-order valence-electron chi connectivity index (χ4n) is 1.67. The summed E-state index contributed by atoms with van der Waals surface area (Å²) in [5, 5.41) is 0. The summed E-state index contributed by atoms with van der Waals surface area (Å²) in [6.07, 6.45) is -0.585. The van der Waals surface area contributed by atoms with Crippen molar-refractivity contribution in [3.05, 3.63) is 0 Å². The van der Waals surface area contributed by atoms with Crippen LogP contribution in [0.25, 0.3) is 0 Å². The van der Waals surface area contributed by atoms with E-state index >= 15 is 0 Å². The molecular formula is C11H19NO5. The van der Waals surface area contributed by atoms with Crippen molar-refractivity contribution >= 4 is 11.9 Å². The second-order valence-corrected chi connectivity index (χ2v) is 3.94. The zero-order valence-electron chi connectivity index (χ0n) is 10.5. The monoisotopic (exact) mass is 245 g/mol. The maximum atomic E-state index is 11.9. The third kappa shape index (κ3) is 3.98. The van der Waals surface area contributed by atoms with Crippen LogP contribution in [0.3, 0.4) is 0 Å². The number of methoxy groups -OCH3 is 2. The Kier molecular flexibility index (Phi) is 5.37. The summed E-state index contributed by atoms with van der Waals surface area (Å²) in [5.74, 6) is -0.408. The quantitative estimate of drug-likeness (QED) is 0.642. The molecule has 17 heavy (non-hydrogen) atoms. The van der Waals surface area contributed by atoms with E-state index < -0.39 is 6.10 Å². The smallest absolute Gasteiger partial charge is 0.308 e. The lowest BCUT2D eigenvalue weighted by molar-refractivity contribution is -0.154. The lowest BCUT2D eigenvalue weighted by Crippen LogP contribution is -2.49. The third-order valence-electron chi connectivity index (χ3n) is 2.77. The van der Waals surface area contributed by atoms with Crippen LogP contribution in [0.5, 0.6) is 0 Å². The van der Waals surface area contributed by atoms with E-state index in [1.54, 1.807) is 11.8 Å². The Hall–Kier alpha value is -1.14. The van der Waals surface area contributed by atoms with Crippen molar-refractivity contribution in [2.24, 2.45) is 0 Å². The number of rotatable bonds is 4. The van der Waals surface area contributed by atoms with Crippen LogP contribution in [0, 0.1) is 0 Å². The minimum atomic E-state index is -0.466. The van der Waals surface area contributed by atoms with Gasteiger partial charge in [0.1, 0.15) is 6.10 Å². The fraction of sp³-hybridized carbons (Fsp3) is 0.818. The molecule has 0 aromatic rings. The van der Waals surface area contributed by atoms with Crippen LogP contribution >= 0.6 is 0 Å². The molecule has 6 nitrogen and oxygen atoms in total. The van der Waals surface area contributed by atoms with E-state index in [-0.39, 0.29) is 24.4 Å². The van der Waals surface area contributed by atoms with Gasteiger partial charge in [-0.3, -0.25) is 9.59 Å². The normalized spacial score (nSPS) is 22.1. The minimum absolute atomic E-state index is 0.0781. The molecule has 1 saturated heterocycles. The van der Waals surface area contributed by atoms with E-state index in [2.05, 4.69) is 4.74 Å². The van der Waals surface area contributed by atoms with Crippen LogP contribution in [-0.2, 0) is 23.8 Å². The van der Waals surface area contributed by atoms with E-state index in [0.29, 0.717) is 19.7 Å². The fourth-order valence-corrected chi connectivity index (χ4v) is 1.67. The lowest BCUT2D eigenvalue weighted by atomic mass is 10.2. The van der Waals surface area contributed by atoms with Gasteiger partial charge in [-0.2, -0.15) is 0 Å². The largest absolute Gasteiger partial charge is 0.469 e. The summed E-state index contributed by atoms with van der Waals surface area (Å²) in [5.41, 5.74) is 0. The molecule has 6 heteroatoms. The molecule has 98 valence electrons. The van der Waals surface area contributed by atoms with Crippen molar-refractivity contribution in [2.45, 2.75) is 25.6 Å². The van der Waals surface area contributed by atoms with Crippen LogP contribution in [0.2, 0.25) is 0 Å². The first-order chi connectivity index (χ1) is 8.08. The average molecular weight is 245 g/mol. The molecule has 1 amide bonds. The molecule has 0 bridgehead atoms. The minimum Gasteiger partial charge on any atom is -0.469 e. The number of carbonyl (C=O) groups excluding carboxylic acids is 2. The predicted octanol–water partition coefficient (Wildman–Crippen LogP) is -0.188. The van der Waals surface area contributed by atoms with Gasteiger partial charge in [-0.1, -0.05) is 0 Å². The average Bonchev–Trinajstić information content (AvgIpc) is 2.37. The van der Waals surface area contributed by atoms with Crippen LogP contribution < -0.4 is 0 Å². The van der Waals surface area contributed by atoms with Gasteiger partial charge in [0.2, 0.25) is 0 Å². The predicted molar refractivity (Wildman–Crippen MR) is 59.4 cm³/mol. The topological polar surface area (TPSA) is 65.1 Å². The van der Waals surface area contributed by atoms with Crippen LogP contribution in [0.1, 0.15) is 13.3 Å². The number of hydrogen-bond donors (Lipinski definition) is 0. The number of amides is 1. The highest BCUT2D eigenvalue weighted by Crippen LogP contribution is 2.11. The van der Waals surface area contributed by atoms with Gasteiger partial charge in [0.05, 0.1) is 26.2 Å². The molecule has 0 saturated carbocycles. The molecule has 2 atom stereocenters. The molecular weight excluding hydrogens is 226 g/mol. The van der Waals surface area contributed by atoms with Crippen LogP contribution in [-0.4, -0.2) is 62.9 Å². The Balaban J connectivity index is 2.48. The SMILES string of the molecule is COC(=O)CC1CN(C(=O)C(C)OC)CCO1. The van der Waals surface area contributed by atoms with E-state index in [9.17, 15) is 9.59 Å². The third-order valence-corrected chi connectivity index (χ3v) is 2.77. The highest BCUT2D eigenvalue weighted by atomic mass is 16.5. The van der Waals surface area contributed by atoms with Gasteiger partial charge in [0.15, 0.2) is 0 Å². The maximum Gasteiger partial charge on any atom is 0.308 e. The summed E-state index contributed by atoms with van der Waals surface area (Å²) in [4.78, 5) is 24.6. The molecule has 2 unspecified atom stereocenters. The molecule has 0 aromatic carbocycles. The second-order valence-electron chi connectivity index (χ2n) is 3.94. The van der Waals surface area contributed by atoms with Crippen molar-refractivity contribution in [3.8, 4) is 0 Å². The van der Waals surface area contributed by atoms with Gasteiger partial charge in [-0.05, 0) is 6.92 Å². The first-order valence-corrected chi connectivity index (χ1v) is 5.58. The van der Waals surface area contributed by atoms with Crippen LogP contribution in [0.4, 0.5) is 0 Å². The van der Waals surface area contributed by atoms with Gasteiger partial charge < -0.3 is 19.1 Å². The van der Waals surface area contributed by atoms with Crippen LogP contribution in [0.15, 0.2) is 0 Å². The number of morpholine rings is 1. The van der Waals surface area contributed by atoms with Gasteiger partial charge in [0, 0.05) is 20.2 Å². The molecule has 1 heterocycles. The van der Waals surface area contributed by atoms with Crippen molar-refractivity contribution in [2.75, 3.05) is 33.9 Å². The molecule has 1 aliphatic rings. The Morgan fingerprint density at radius 1 is 1.47 bits per heavy atom. The van der Waals surface area contributed by atoms with E-state index in [4.69, 9.17) is 9.47 Å². The molecule has 0 aromatic heterocycles. The van der Waals surface area contributed by atoms with Gasteiger partial charge in [-0.15, -0.1) is 0 Å². The van der Waals surface area contributed by atoms with E-state index in [0.717, 1.165) is 0 Å². The zero-order chi connectivity index (χ0) is 12.8.